The number of hydrogen-bond acceptors (Lipinski definition) is 4. The van der Waals surface area contributed by atoms with Crippen LogP contribution in [0.3, 0.4) is 0 Å². The Hall–Kier alpha value is -2.89. The lowest BCUT2D eigenvalue weighted by atomic mass is 9.79. The third kappa shape index (κ3) is 4.42. The Morgan fingerprint density at radius 1 is 1.12 bits per heavy atom. The number of rotatable bonds is 4. The maximum Gasteiger partial charge on any atom is 0.228 e. The molecule has 1 aliphatic rings. The van der Waals surface area contributed by atoms with Crippen molar-refractivity contribution in [1.29, 1.82) is 0 Å². The molecule has 1 aromatic carbocycles. The molecule has 1 atom stereocenters. The van der Waals surface area contributed by atoms with Crippen molar-refractivity contribution in [2.45, 2.75) is 74.3 Å². The summed E-state index contributed by atoms with van der Waals surface area (Å²) in [5, 5.41) is 4.67. The molecule has 0 saturated carbocycles. The highest BCUT2D eigenvalue weighted by molar-refractivity contribution is 5.82. The van der Waals surface area contributed by atoms with Gasteiger partial charge in [-0.25, -0.2) is 9.50 Å². The maximum atomic E-state index is 13.3. The van der Waals surface area contributed by atoms with Crippen LogP contribution in [0.15, 0.2) is 36.5 Å². The first-order valence-electron chi connectivity index (χ1n) is 12.4. The summed E-state index contributed by atoms with van der Waals surface area (Å²) >= 11 is 0. The normalized spacial score (nSPS) is 15.4. The molecule has 0 spiro atoms. The summed E-state index contributed by atoms with van der Waals surface area (Å²) in [5.41, 5.74) is 6.04. The van der Waals surface area contributed by atoms with Crippen LogP contribution in [0.2, 0.25) is 0 Å². The molecule has 1 amide bonds. The lowest BCUT2D eigenvalue weighted by molar-refractivity contribution is -0.144. The van der Waals surface area contributed by atoms with E-state index in [2.05, 4.69) is 66.9 Å². The van der Waals surface area contributed by atoms with Crippen LogP contribution in [0.25, 0.3) is 5.65 Å². The quantitative estimate of drug-likeness (QED) is 0.471. The number of aromatic nitrogens is 3. The zero-order valence-corrected chi connectivity index (χ0v) is 22.0. The Morgan fingerprint density at radius 3 is 2.38 bits per heavy atom. The Bertz CT molecular complexity index is 1180. The lowest BCUT2D eigenvalue weighted by Gasteiger charge is -2.43. The molecule has 34 heavy (non-hydrogen) atoms. The zero-order chi connectivity index (χ0) is 24.8. The topological polar surface area (TPSA) is 53.7 Å². The van der Waals surface area contributed by atoms with E-state index in [0.717, 1.165) is 42.1 Å². The number of anilines is 2. The third-order valence-corrected chi connectivity index (χ3v) is 6.66. The second-order valence-electron chi connectivity index (χ2n) is 11.6. The van der Waals surface area contributed by atoms with Crippen molar-refractivity contribution in [3.63, 3.8) is 0 Å². The minimum Gasteiger partial charge on any atom is -0.339 e. The van der Waals surface area contributed by atoms with Gasteiger partial charge >= 0.3 is 0 Å². The number of hydrogen-bond donors (Lipinski definition) is 0. The van der Waals surface area contributed by atoms with E-state index >= 15 is 0 Å². The summed E-state index contributed by atoms with van der Waals surface area (Å²) in [6.07, 6.45) is 4.05. The van der Waals surface area contributed by atoms with Crippen LogP contribution in [-0.2, 0) is 11.2 Å². The van der Waals surface area contributed by atoms with E-state index in [1.807, 2.05) is 49.4 Å². The van der Waals surface area contributed by atoms with Gasteiger partial charge in [0.05, 0.1) is 29.3 Å². The average Bonchev–Trinajstić information content (AvgIpc) is 3.16. The van der Waals surface area contributed by atoms with Gasteiger partial charge in [-0.1, -0.05) is 53.7 Å². The highest BCUT2D eigenvalue weighted by Gasteiger charge is 2.38. The molecule has 3 aromatic rings. The second kappa shape index (κ2) is 8.71. The molecule has 182 valence electrons. The van der Waals surface area contributed by atoms with Gasteiger partial charge in [-0.15, -0.1) is 0 Å². The summed E-state index contributed by atoms with van der Waals surface area (Å²) in [6.45, 7) is 18.4. The molecule has 0 saturated heterocycles. The summed E-state index contributed by atoms with van der Waals surface area (Å²) in [7, 11) is 0. The van der Waals surface area contributed by atoms with Crippen LogP contribution < -0.4 is 4.90 Å². The van der Waals surface area contributed by atoms with E-state index < -0.39 is 5.41 Å². The Kier molecular flexibility index (Phi) is 6.21. The molecule has 0 aliphatic carbocycles. The number of fused-ring (bicyclic) bond motifs is 3. The third-order valence-electron chi connectivity index (χ3n) is 6.66. The molecule has 4 rings (SSSR count). The Morgan fingerprint density at radius 2 is 1.79 bits per heavy atom. The summed E-state index contributed by atoms with van der Waals surface area (Å²) < 4.78 is 2.00. The molecule has 0 unspecified atom stereocenters. The van der Waals surface area contributed by atoms with Crippen LogP contribution in [0, 0.1) is 17.8 Å². The Labute approximate surface area is 204 Å². The molecular formula is C28H39N5O. The van der Waals surface area contributed by atoms with Crippen molar-refractivity contribution in [2.24, 2.45) is 10.8 Å². The first-order valence-corrected chi connectivity index (χ1v) is 12.4. The highest BCUT2D eigenvalue weighted by atomic mass is 16.2. The molecule has 2 aromatic heterocycles. The van der Waals surface area contributed by atoms with Gasteiger partial charge in [0.1, 0.15) is 0 Å². The van der Waals surface area contributed by atoms with Crippen molar-refractivity contribution in [3.05, 3.63) is 53.5 Å². The van der Waals surface area contributed by atoms with E-state index in [0.29, 0.717) is 6.54 Å². The SMILES string of the molecule is CCN(C(=O)C(C)(C)C)[C@@H](c1ccc(N2CCCc3c2cnc2cc(C)nn32)cc1)C(C)(C)C. The van der Waals surface area contributed by atoms with Gasteiger partial charge in [-0.3, -0.25) is 4.79 Å². The maximum absolute atomic E-state index is 13.3. The van der Waals surface area contributed by atoms with Crippen molar-refractivity contribution >= 4 is 22.9 Å². The molecule has 6 nitrogen and oxygen atoms in total. The predicted molar refractivity (Wildman–Crippen MR) is 139 cm³/mol. The van der Waals surface area contributed by atoms with Crippen LogP contribution in [0.5, 0.6) is 0 Å². The second-order valence-corrected chi connectivity index (χ2v) is 11.6. The first kappa shape index (κ1) is 24.2. The number of aryl methyl sites for hydroxylation is 2. The molecule has 0 radical (unpaired) electrons. The van der Waals surface area contributed by atoms with E-state index in [4.69, 9.17) is 0 Å². The van der Waals surface area contributed by atoms with Gasteiger partial charge in [0.2, 0.25) is 5.91 Å². The zero-order valence-electron chi connectivity index (χ0n) is 22.0. The first-order chi connectivity index (χ1) is 15.9. The van der Waals surface area contributed by atoms with Crippen LogP contribution in [-0.4, -0.2) is 38.5 Å². The number of nitrogens with zero attached hydrogens (tertiary/aromatic N) is 5. The number of carbonyl (C=O) groups is 1. The molecule has 1 aliphatic heterocycles. The molecule has 6 heteroatoms. The van der Waals surface area contributed by atoms with Gasteiger partial charge in [-0.2, -0.15) is 5.10 Å². The number of carbonyl (C=O) groups excluding carboxylic acids is 1. The van der Waals surface area contributed by atoms with Gasteiger partial charge in [0.15, 0.2) is 5.65 Å². The Balaban J connectivity index is 1.70. The van der Waals surface area contributed by atoms with Gasteiger partial charge < -0.3 is 9.80 Å². The van der Waals surface area contributed by atoms with E-state index in [-0.39, 0.29) is 17.4 Å². The fraction of sp³-hybridized carbons (Fsp3) is 0.536. The van der Waals surface area contributed by atoms with E-state index in [1.165, 1.54) is 11.3 Å². The van der Waals surface area contributed by atoms with Crippen LogP contribution in [0.1, 0.15) is 77.9 Å². The minimum atomic E-state index is -0.417. The average molecular weight is 462 g/mol. The molecular weight excluding hydrogens is 422 g/mol. The lowest BCUT2D eigenvalue weighted by Crippen LogP contribution is -2.45. The molecule has 3 heterocycles. The van der Waals surface area contributed by atoms with Gasteiger partial charge in [0, 0.05) is 30.3 Å². The number of amides is 1. The summed E-state index contributed by atoms with van der Waals surface area (Å²) in [5.74, 6) is 0.188. The van der Waals surface area contributed by atoms with Crippen molar-refractivity contribution in [2.75, 3.05) is 18.0 Å². The van der Waals surface area contributed by atoms with Gasteiger partial charge in [-0.05, 0) is 49.8 Å². The molecule has 0 N–H and O–H groups in total. The number of benzene rings is 1. The van der Waals surface area contributed by atoms with E-state index in [1.54, 1.807) is 0 Å². The molecule has 0 bridgehead atoms. The van der Waals surface area contributed by atoms with Gasteiger partial charge in [0.25, 0.3) is 0 Å². The fourth-order valence-corrected chi connectivity index (χ4v) is 5.20. The van der Waals surface area contributed by atoms with E-state index in [9.17, 15) is 4.79 Å². The largest absolute Gasteiger partial charge is 0.339 e. The fourth-order valence-electron chi connectivity index (χ4n) is 5.20. The van der Waals surface area contributed by atoms with Crippen LogP contribution in [0.4, 0.5) is 11.4 Å². The predicted octanol–water partition coefficient (Wildman–Crippen LogP) is 6.10. The van der Waals surface area contributed by atoms with Crippen molar-refractivity contribution < 1.29 is 4.79 Å². The minimum absolute atomic E-state index is 0.000239. The molecule has 0 fully saturated rings. The standard InChI is InChI=1S/C28H39N5O/c1-9-31(26(34)28(6,7)8)25(27(3,4)5)20-12-14-21(15-13-20)32-16-10-11-22-23(32)18-29-24-17-19(2)30-33(22)24/h12-15,17-18,25H,9-11,16H2,1-8H3/t25-/m0/s1. The van der Waals surface area contributed by atoms with Crippen molar-refractivity contribution in [1.82, 2.24) is 19.5 Å². The summed E-state index contributed by atoms with van der Waals surface area (Å²) in [4.78, 5) is 22.4. The highest BCUT2D eigenvalue weighted by Crippen LogP contribution is 2.41. The smallest absolute Gasteiger partial charge is 0.228 e. The summed E-state index contributed by atoms with van der Waals surface area (Å²) in [6, 6.07) is 10.8. The monoisotopic (exact) mass is 461 g/mol. The van der Waals surface area contributed by atoms with Crippen LogP contribution >= 0.6 is 0 Å². The van der Waals surface area contributed by atoms with Crippen molar-refractivity contribution in [3.8, 4) is 0 Å².